The lowest BCUT2D eigenvalue weighted by Gasteiger charge is -2.13. The molecule has 0 aliphatic rings. The molecule has 1 rings (SSSR count). The summed E-state index contributed by atoms with van der Waals surface area (Å²) in [6, 6.07) is 1.19. The van der Waals surface area contributed by atoms with Crippen LogP contribution in [0.15, 0.2) is 6.07 Å². The van der Waals surface area contributed by atoms with E-state index in [0.29, 0.717) is 0 Å². The van der Waals surface area contributed by atoms with Gasteiger partial charge in [0.1, 0.15) is 0 Å². The van der Waals surface area contributed by atoms with E-state index in [-0.39, 0.29) is 34.5 Å². The van der Waals surface area contributed by atoms with Crippen LogP contribution < -0.4 is 4.74 Å². The predicted octanol–water partition coefficient (Wildman–Crippen LogP) is 1.41. The summed E-state index contributed by atoms with van der Waals surface area (Å²) in [5.74, 6) is -1.42. The molecule has 0 saturated heterocycles. The molecule has 0 aliphatic heterocycles. The number of nitro groups is 1. The van der Waals surface area contributed by atoms with E-state index in [1.807, 2.05) is 0 Å². The van der Waals surface area contributed by atoms with Crippen LogP contribution in [0.4, 0.5) is 5.69 Å². The summed E-state index contributed by atoms with van der Waals surface area (Å²) in [5.41, 5.74) is 0.0678. The number of ether oxygens (including phenoxy) is 3. The van der Waals surface area contributed by atoms with Gasteiger partial charge in [0.15, 0.2) is 5.75 Å². The Hall–Kier alpha value is -2.64. The minimum absolute atomic E-state index is 0.0304. The first-order valence-corrected chi connectivity index (χ1v) is 5.87. The van der Waals surface area contributed by atoms with E-state index in [9.17, 15) is 19.7 Å². The van der Waals surface area contributed by atoms with Crippen molar-refractivity contribution >= 4 is 17.6 Å². The van der Waals surface area contributed by atoms with Crippen LogP contribution in [0.1, 0.15) is 21.5 Å². The van der Waals surface area contributed by atoms with Crippen molar-refractivity contribution in [3.63, 3.8) is 0 Å². The second-order valence-corrected chi connectivity index (χ2v) is 4.08. The van der Waals surface area contributed by atoms with E-state index >= 15 is 0 Å². The van der Waals surface area contributed by atoms with Crippen LogP contribution in [0.3, 0.4) is 0 Å². The Labute approximate surface area is 120 Å². The molecule has 0 fully saturated rings. The van der Waals surface area contributed by atoms with Gasteiger partial charge in [0.25, 0.3) is 0 Å². The van der Waals surface area contributed by atoms with Gasteiger partial charge in [0, 0.05) is 11.6 Å². The lowest BCUT2D eigenvalue weighted by atomic mass is 9.96. The number of carbonyl (C=O) groups excluding carboxylic acids is 2. The second-order valence-electron chi connectivity index (χ2n) is 4.08. The summed E-state index contributed by atoms with van der Waals surface area (Å²) in [7, 11) is 3.61. The number of nitro benzene ring substituents is 1. The standard InChI is InChI=1S/C13H15NO7/c1-7-8(6-11(15)20-3)9(13(16)21-4)5-10(19-2)12(7)14(17)18/h5H,6H2,1-4H3. The number of nitrogens with zero attached hydrogens (tertiary/aromatic N) is 1. The lowest BCUT2D eigenvalue weighted by Crippen LogP contribution is -2.14. The number of benzene rings is 1. The van der Waals surface area contributed by atoms with Crippen molar-refractivity contribution in [3.05, 3.63) is 32.9 Å². The molecule has 21 heavy (non-hydrogen) atoms. The van der Waals surface area contributed by atoms with Crippen LogP contribution in [0.5, 0.6) is 5.75 Å². The van der Waals surface area contributed by atoms with E-state index in [2.05, 4.69) is 9.47 Å². The van der Waals surface area contributed by atoms with Crippen LogP contribution >= 0.6 is 0 Å². The average Bonchev–Trinajstić information content (AvgIpc) is 2.47. The molecule has 0 N–H and O–H groups in total. The molecular weight excluding hydrogens is 282 g/mol. The van der Waals surface area contributed by atoms with Crippen LogP contribution in [-0.4, -0.2) is 38.2 Å². The highest BCUT2D eigenvalue weighted by Gasteiger charge is 2.28. The minimum atomic E-state index is -0.717. The zero-order valence-electron chi connectivity index (χ0n) is 12.1. The van der Waals surface area contributed by atoms with E-state index in [1.165, 1.54) is 34.3 Å². The second kappa shape index (κ2) is 6.69. The molecule has 0 heterocycles. The fourth-order valence-corrected chi connectivity index (χ4v) is 1.94. The monoisotopic (exact) mass is 297 g/mol. The van der Waals surface area contributed by atoms with Gasteiger partial charge in [-0.05, 0) is 12.5 Å². The van der Waals surface area contributed by atoms with Crippen molar-refractivity contribution in [3.8, 4) is 5.75 Å². The molecule has 8 nitrogen and oxygen atoms in total. The predicted molar refractivity (Wildman–Crippen MR) is 71.4 cm³/mol. The Kier molecular flexibility index (Phi) is 5.23. The molecule has 8 heteroatoms. The maximum atomic E-state index is 11.8. The van der Waals surface area contributed by atoms with Gasteiger partial charge >= 0.3 is 17.6 Å². The van der Waals surface area contributed by atoms with Crippen LogP contribution in [0, 0.1) is 17.0 Å². The molecule has 0 atom stereocenters. The van der Waals surface area contributed by atoms with Crippen molar-refractivity contribution < 1.29 is 28.7 Å². The Bertz CT molecular complexity index is 595. The molecule has 0 unspecified atom stereocenters. The van der Waals surface area contributed by atoms with Gasteiger partial charge in [-0.15, -0.1) is 0 Å². The van der Waals surface area contributed by atoms with Gasteiger partial charge < -0.3 is 14.2 Å². The third kappa shape index (κ3) is 3.28. The highest BCUT2D eigenvalue weighted by Crippen LogP contribution is 2.35. The van der Waals surface area contributed by atoms with E-state index in [4.69, 9.17) is 4.74 Å². The van der Waals surface area contributed by atoms with Crippen molar-refractivity contribution in [2.75, 3.05) is 21.3 Å². The third-order valence-corrected chi connectivity index (χ3v) is 3.00. The third-order valence-electron chi connectivity index (χ3n) is 3.00. The molecular formula is C13H15NO7. The lowest BCUT2D eigenvalue weighted by molar-refractivity contribution is -0.386. The molecule has 0 radical (unpaired) electrons. The minimum Gasteiger partial charge on any atom is -0.490 e. The Balaban J connectivity index is 3.62. The van der Waals surface area contributed by atoms with E-state index < -0.39 is 16.9 Å². The van der Waals surface area contributed by atoms with Crippen molar-refractivity contribution in [1.82, 2.24) is 0 Å². The number of hydrogen-bond acceptors (Lipinski definition) is 7. The maximum absolute atomic E-state index is 11.8. The van der Waals surface area contributed by atoms with Crippen LogP contribution in [0.2, 0.25) is 0 Å². The smallest absolute Gasteiger partial charge is 0.338 e. The molecule has 0 spiro atoms. The van der Waals surface area contributed by atoms with Gasteiger partial charge in [0.05, 0.1) is 38.2 Å². The fourth-order valence-electron chi connectivity index (χ4n) is 1.94. The summed E-state index contributed by atoms with van der Waals surface area (Å²) in [5, 5.41) is 11.2. The zero-order valence-corrected chi connectivity index (χ0v) is 12.1. The number of esters is 2. The zero-order chi connectivity index (χ0) is 16.2. The largest absolute Gasteiger partial charge is 0.490 e. The van der Waals surface area contributed by atoms with Crippen molar-refractivity contribution in [2.24, 2.45) is 0 Å². The number of carbonyl (C=O) groups is 2. The summed E-state index contributed by atoms with van der Waals surface area (Å²) < 4.78 is 14.1. The quantitative estimate of drug-likeness (QED) is 0.459. The Morgan fingerprint density at radius 1 is 1.24 bits per heavy atom. The highest BCUT2D eigenvalue weighted by molar-refractivity contribution is 5.94. The molecule has 0 saturated carbocycles. The number of hydrogen-bond donors (Lipinski definition) is 0. The van der Waals surface area contributed by atoms with Gasteiger partial charge in [-0.2, -0.15) is 0 Å². The molecule has 1 aromatic rings. The molecule has 114 valence electrons. The van der Waals surface area contributed by atoms with E-state index in [0.717, 1.165) is 0 Å². The molecule has 1 aromatic carbocycles. The topological polar surface area (TPSA) is 105 Å². The normalized spacial score (nSPS) is 9.90. The summed E-state index contributed by atoms with van der Waals surface area (Å²) >= 11 is 0. The Morgan fingerprint density at radius 2 is 1.86 bits per heavy atom. The van der Waals surface area contributed by atoms with Gasteiger partial charge in [-0.25, -0.2) is 4.79 Å². The maximum Gasteiger partial charge on any atom is 0.338 e. The molecule has 0 aliphatic carbocycles. The summed E-state index contributed by atoms with van der Waals surface area (Å²) in [4.78, 5) is 33.8. The fraction of sp³-hybridized carbons (Fsp3) is 0.385. The number of rotatable bonds is 5. The van der Waals surface area contributed by atoms with Crippen molar-refractivity contribution in [1.29, 1.82) is 0 Å². The molecule has 0 aromatic heterocycles. The summed E-state index contributed by atoms with van der Waals surface area (Å²) in [6.45, 7) is 1.44. The first-order valence-electron chi connectivity index (χ1n) is 5.87. The number of methoxy groups -OCH3 is 3. The van der Waals surface area contributed by atoms with Crippen LogP contribution in [-0.2, 0) is 20.7 Å². The van der Waals surface area contributed by atoms with Gasteiger partial charge in [-0.1, -0.05) is 0 Å². The van der Waals surface area contributed by atoms with Gasteiger partial charge in [0.2, 0.25) is 0 Å². The molecule has 0 bridgehead atoms. The highest BCUT2D eigenvalue weighted by atomic mass is 16.6. The first-order chi connectivity index (χ1) is 9.87. The first kappa shape index (κ1) is 16.4. The van der Waals surface area contributed by atoms with Crippen LogP contribution in [0.25, 0.3) is 0 Å². The average molecular weight is 297 g/mol. The summed E-state index contributed by atoms with van der Waals surface area (Å²) in [6.07, 6.45) is -0.280. The SMILES string of the molecule is COC(=O)Cc1c(C(=O)OC)cc(OC)c([N+](=O)[O-])c1C. The molecule has 0 amide bonds. The van der Waals surface area contributed by atoms with Crippen molar-refractivity contribution in [2.45, 2.75) is 13.3 Å². The van der Waals surface area contributed by atoms with E-state index in [1.54, 1.807) is 0 Å². The Morgan fingerprint density at radius 3 is 2.29 bits per heavy atom. The van der Waals surface area contributed by atoms with Gasteiger partial charge in [-0.3, -0.25) is 14.9 Å².